The molecule has 0 aliphatic rings. The Hall–Kier alpha value is -3.08. The van der Waals surface area contributed by atoms with Crippen molar-refractivity contribution in [3.05, 3.63) is 71.6 Å². The average Bonchev–Trinajstić information content (AvgIpc) is 3.08. The van der Waals surface area contributed by atoms with Gasteiger partial charge >= 0.3 is 0 Å². The number of rotatable bonds is 6. The molecule has 0 bridgehead atoms. The molecule has 0 N–H and O–H groups in total. The number of amides is 1. The Bertz CT molecular complexity index is 901. The number of carbonyl (C=O) groups excluding carboxylic acids is 1. The number of ether oxygens (including phenoxy) is 1. The van der Waals surface area contributed by atoms with Crippen molar-refractivity contribution in [2.45, 2.75) is 26.3 Å². The van der Waals surface area contributed by atoms with Crippen molar-refractivity contribution in [1.29, 1.82) is 0 Å². The summed E-state index contributed by atoms with van der Waals surface area (Å²) in [6, 6.07) is 17.4. The predicted molar refractivity (Wildman–Crippen MR) is 105 cm³/mol. The van der Waals surface area contributed by atoms with Gasteiger partial charge in [0.05, 0.1) is 25.3 Å². The van der Waals surface area contributed by atoms with Gasteiger partial charge in [-0.15, -0.1) is 0 Å². The zero-order valence-corrected chi connectivity index (χ0v) is 16.1. The molecule has 1 unspecified atom stereocenters. The standard InChI is InChI=1S/C22H24N2O3/c1-15(17-10-12-19(26-4)13-11-17)24(3)21(25)14-20-16(2)27-22(23-20)18-8-6-5-7-9-18/h5-13,15H,14H2,1-4H3. The van der Waals surface area contributed by atoms with E-state index in [1.165, 1.54) is 0 Å². The second kappa shape index (κ2) is 8.08. The van der Waals surface area contributed by atoms with E-state index in [0.717, 1.165) is 16.9 Å². The number of likely N-dealkylation sites (N-methyl/N-ethyl adjacent to an activating group) is 1. The average molecular weight is 364 g/mol. The summed E-state index contributed by atoms with van der Waals surface area (Å²) in [5.41, 5.74) is 2.63. The highest BCUT2D eigenvalue weighted by Crippen LogP contribution is 2.24. The van der Waals surface area contributed by atoms with Crippen LogP contribution in [-0.4, -0.2) is 29.9 Å². The molecule has 0 aliphatic heterocycles. The lowest BCUT2D eigenvalue weighted by Crippen LogP contribution is -2.31. The molecule has 3 aromatic rings. The Morgan fingerprint density at radius 3 is 2.44 bits per heavy atom. The normalized spacial score (nSPS) is 11.9. The van der Waals surface area contributed by atoms with Crippen LogP contribution in [0.5, 0.6) is 5.75 Å². The monoisotopic (exact) mass is 364 g/mol. The first kappa shape index (κ1) is 18.7. The highest BCUT2D eigenvalue weighted by atomic mass is 16.5. The number of nitrogens with zero attached hydrogens (tertiary/aromatic N) is 2. The molecule has 1 atom stereocenters. The summed E-state index contributed by atoms with van der Waals surface area (Å²) < 4.78 is 10.9. The van der Waals surface area contributed by atoms with Gasteiger partial charge in [0, 0.05) is 12.6 Å². The molecule has 27 heavy (non-hydrogen) atoms. The van der Waals surface area contributed by atoms with E-state index in [0.29, 0.717) is 17.3 Å². The van der Waals surface area contributed by atoms with Crippen LogP contribution in [0.4, 0.5) is 0 Å². The highest BCUT2D eigenvalue weighted by Gasteiger charge is 2.21. The summed E-state index contributed by atoms with van der Waals surface area (Å²) in [6.07, 6.45) is 0.208. The number of methoxy groups -OCH3 is 1. The molecule has 1 amide bonds. The summed E-state index contributed by atoms with van der Waals surface area (Å²) in [6.45, 7) is 3.85. The van der Waals surface area contributed by atoms with Gasteiger partial charge in [-0.3, -0.25) is 4.79 Å². The third-order valence-electron chi connectivity index (χ3n) is 4.80. The number of benzene rings is 2. The van der Waals surface area contributed by atoms with Crippen molar-refractivity contribution in [1.82, 2.24) is 9.88 Å². The van der Waals surface area contributed by atoms with E-state index in [-0.39, 0.29) is 18.4 Å². The van der Waals surface area contributed by atoms with E-state index >= 15 is 0 Å². The molecule has 2 aromatic carbocycles. The molecule has 0 spiro atoms. The van der Waals surface area contributed by atoms with Crippen LogP contribution in [0.2, 0.25) is 0 Å². The van der Waals surface area contributed by atoms with Gasteiger partial charge in [0.1, 0.15) is 11.5 Å². The number of aromatic nitrogens is 1. The predicted octanol–water partition coefficient (Wildman–Crippen LogP) is 4.42. The number of oxazole rings is 1. The fourth-order valence-corrected chi connectivity index (χ4v) is 2.89. The number of hydrogen-bond acceptors (Lipinski definition) is 4. The Morgan fingerprint density at radius 1 is 1.15 bits per heavy atom. The Morgan fingerprint density at radius 2 is 1.81 bits per heavy atom. The van der Waals surface area contributed by atoms with Crippen LogP contribution in [-0.2, 0) is 11.2 Å². The minimum atomic E-state index is -0.0517. The van der Waals surface area contributed by atoms with Crippen LogP contribution >= 0.6 is 0 Å². The first-order chi connectivity index (χ1) is 13.0. The van der Waals surface area contributed by atoms with Crippen LogP contribution < -0.4 is 4.74 Å². The van der Waals surface area contributed by atoms with Crippen LogP contribution in [0.25, 0.3) is 11.5 Å². The summed E-state index contributed by atoms with van der Waals surface area (Å²) >= 11 is 0. The molecule has 140 valence electrons. The van der Waals surface area contributed by atoms with Gasteiger partial charge in [-0.25, -0.2) is 4.98 Å². The Labute approximate surface area is 159 Å². The molecule has 3 rings (SSSR count). The van der Waals surface area contributed by atoms with Crippen LogP contribution in [0.15, 0.2) is 59.0 Å². The molecule has 0 fully saturated rings. The molecule has 0 radical (unpaired) electrons. The third kappa shape index (κ3) is 4.19. The molecule has 1 aromatic heterocycles. The lowest BCUT2D eigenvalue weighted by Gasteiger charge is -2.25. The summed E-state index contributed by atoms with van der Waals surface area (Å²) in [5, 5.41) is 0. The maximum absolute atomic E-state index is 12.8. The number of hydrogen-bond donors (Lipinski definition) is 0. The first-order valence-corrected chi connectivity index (χ1v) is 8.91. The number of carbonyl (C=O) groups is 1. The third-order valence-corrected chi connectivity index (χ3v) is 4.80. The van der Waals surface area contributed by atoms with E-state index in [9.17, 15) is 4.79 Å². The van der Waals surface area contributed by atoms with Gasteiger partial charge in [0.25, 0.3) is 0 Å². The van der Waals surface area contributed by atoms with Gasteiger partial charge in [0.15, 0.2) is 0 Å². The second-order valence-electron chi connectivity index (χ2n) is 6.52. The molecule has 0 saturated carbocycles. The minimum Gasteiger partial charge on any atom is -0.497 e. The van der Waals surface area contributed by atoms with Gasteiger partial charge in [-0.1, -0.05) is 30.3 Å². The highest BCUT2D eigenvalue weighted by molar-refractivity contribution is 5.79. The quantitative estimate of drug-likeness (QED) is 0.650. The van der Waals surface area contributed by atoms with E-state index < -0.39 is 0 Å². The SMILES string of the molecule is COc1ccc(C(C)N(C)C(=O)Cc2nc(-c3ccccc3)oc2C)cc1. The Kier molecular flexibility index (Phi) is 5.60. The zero-order valence-electron chi connectivity index (χ0n) is 16.1. The van der Waals surface area contributed by atoms with Gasteiger partial charge < -0.3 is 14.1 Å². The van der Waals surface area contributed by atoms with E-state index in [4.69, 9.17) is 9.15 Å². The lowest BCUT2D eigenvalue weighted by molar-refractivity contribution is -0.131. The molecular formula is C22H24N2O3. The first-order valence-electron chi connectivity index (χ1n) is 8.91. The maximum Gasteiger partial charge on any atom is 0.228 e. The smallest absolute Gasteiger partial charge is 0.228 e. The summed E-state index contributed by atoms with van der Waals surface area (Å²) in [7, 11) is 3.45. The number of aryl methyl sites for hydroxylation is 1. The van der Waals surface area contributed by atoms with Crippen molar-refractivity contribution >= 4 is 5.91 Å². The Balaban J connectivity index is 1.71. The van der Waals surface area contributed by atoms with Crippen molar-refractivity contribution in [2.24, 2.45) is 0 Å². The molecule has 1 heterocycles. The minimum absolute atomic E-state index is 0.00525. The topological polar surface area (TPSA) is 55.6 Å². The van der Waals surface area contributed by atoms with Crippen molar-refractivity contribution in [3.63, 3.8) is 0 Å². The van der Waals surface area contributed by atoms with Crippen molar-refractivity contribution < 1.29 is 13.9 Å². The largest absolute Gasteiger partial charge is 0.497 e. The van der Waals surface area contributed by atoms with Crippen LogP contribution in [0.1, 0.15) is 30.0 Å². The molecule has 5 nitrogen and oxygen atoms in total. The van der Waals surface area contributed by atoms with Crippen LogP contribution in [0, 0.1) is 6.92 Å². The van der Waals surface area contributed by atoms with E-state index in [1.807, 2.05) is 75.5 Å². The summed E-state index contributed by atoms with van der Waals surface area (Å²) in [4.78, 5) is 19.0. The lowest BCUT2D eigenvalue weighted by atomic mass is 10.1. The summed E-state index contributed by atoms with van der Waals surface area (Å²) in [5.74, 6) is 2.01. The van der Waals surface area contributed by atoms with Gasteiger partial charge in [-0.2, -0.15) is 0 Å². The molecular weight excluding hydrogens is 340 g/mol. The zero-order chi connectivity index (χ0) is 19.4. The fourth-order valence-electron chi connectivity index (χ4n) is 2.89. The van der Waals surface area contributed by atoms with Gasteiger partial charge in [0.2, 0.25) is 11.8 Å². The van der Waals surface area contributed by atoms with Crippen molar-refractivity contribution in [3.8, 4) is 17.2 Å². The van der Waals surface area contributed by atoms with Crippen molar-refractivity contribution in [2.75, 3.05) is 14.2 Å². The maximum atomic E-state index is 12.8. The molecule has 0 saturated heterocycles. The van der Waals surface area contributed by atoms with E-state index in [2.05, 4.69) is 4.98 Å². The van der Waals surface area contributed by atoms with Gasteiger partial charge in [-0.05, 0) is 43.7 Å². The second-order valence-corrected chi connectivity index (χ2v) is 6.52. The fraction of sp³-hybridized carbons (Fsp3) is 0.273. The molecule has 5 heteroatoms. The molecule has 0 aliphatic carbocycles. The van der Waals surface area contributed by atoms with E-state index in [1.54, 1.807) is 12.0 Å². The van der Waals surface area contributed by atoms with Crippen LogP contribution in [0.3, 0.4) is 0 Å².